The number of rotatable bonds is 5. The van der Waals surface area contributed by atoms with Crippen LogP contribution < -0.4 is 4.74 Å². The van der Waals surface area contributed by atoms with Gasteiger partial charge in [0.05, 0.1) is 12.5 Å². The number of hydrogen-bond acceptors (Lipinski definition) is 3. The summed E-state index contributed by atoms with van der Waals surface area (Å²) in [5, 5.41) is 9.28. The fourth-order valence-electron chi connectivity index (χ4n) is 2.77. The average molecular weight is 305 g/mol. The number of nitrogens with zero attached hydrogens (tertiary/aromatic N) is 1. The molecule has 0 radical (unpaired) electrons. The summed E-state index contributed by atoms with van der Waals surface area (Å²) in [6.07, 6.45) is 2.45. The highest BCUT2D eigenvalue weighted by molar-refractivity contribution is 5.85. The van der Waals surface area contributed by atoms with Crippen LogP contribution in [0.2, 0.25) is 0 Å². The van der Waals surface area contributed by atoms with Crippen molar-refractivity contribution in [3.8, 4) is 5.75 Å². The van der Waals surface area contributed by atoms with Crippen molar-refractivity contribution in [2.75, 3.05) is 6.54 Å². The van der Waals surface area contributed by atoms with Crippen LogP contribution in [0.3, 0.4) is 0 Å². The molecule has 1 aromatic carbocycles. The van der Waals surface area contributed by atoms with Gasteiger partial charge in [-0.05, 0) is 39.2 Å². The molecule has 0 spiro atoms. The molecule has 0 bridgehead atoms. The van der Waals surface area contributed by atoms with Crippen LogP contribution in [0.25, 0.3) is 0 Å². The van der Waals surface area contributed by atoms with Gasteiger partial charge in [-0.15, -0.1) is 0 Å². The molecular formula is C17H23NO4. The van der Waals surface area contributed by atoms with Crippen molar-refractivity contribution in [2.24, 2.45) is 0 Å². The summed E-state index contributed by atoms with van der Waals surface area (Å²) in [5.41, 5.74) is 0.802. The van der Waals surface area contributed by atoms with Crippen LogP contribution >= 0.6 is 0 Å². The lowest BCUT2D eigenvalue weighted by atomic mass is 10.0. The van der Waals surface area contributed by atoms with E-state index in [4.69, 9.17) is 4.74 Å². The molecule has 5 heteroatoms. The molecule has 2 rings (SSSR count). The van der Waals surface area contributed by atoms with E-state index in [9.17, 15) is 14.7 Å². The van der Waals surface area contributed by atoms with Gasteiger partial charge in [0.2, 0.25) is 5.91 Å². The highest BCUT2D eigenvalue weighted by Gasteiger charge is 2.32. The number of ether oxygens (including phenoxy) is 1. The lowest BCUT2D eigenvalue weighted by Gasteiger charge is -2.33. The summed E-state index contributed by atoms with van der Waals surface area (Å²) in [6, 6.07) is 6.73. The van der Waals surface area contributed by atoms with Crippen molar-refractivity contribution in [3.05, 3.63) is 29.8 Å². The van der Waals surface area contributed by atoms with E-state index < -0.39 is 12.0 Å². The minimum absolute atomic E-state index is 0.0259. The van der Waals surface area contributed by atoms with E-state index in [1.165, 1.54) is 4.90 Å². The van der Waals surface area contributed by atoms with Crippen molar-refractivity contribution in [2.45, 2.75) is 51.7 Å². The quantitative estimate of drug-likeness (QED) is 0.907. The number of hydrogen-bond donors (Lipinski definition) is 1. The van der Waals surface area contributed by atoms with Gasteiger partial charge in [-0.25, -0.2) is 4.79 Å². The third-order valence-electron chi connectivity index (χ3n) is 3.79. The number of carbonyl (C=O) groups is 2. The number of carboxylic acid groups (broad SMARTS) is 1. The summed E-state index contributed by atoms with van der Waals surface area (Å²) in [5.74, 6) is -0.374. The van der Waals surface area contributed by atoms with Crippen LogP contribution in [0.15, 0.2) is 24.3 Å². The maximum atomic E-state index is 12.5. The molecule has 1 fully saturated rings. The van der Waals surface area contributed by atoms with Crippen LogP contribution in [0, 0.1) is 0 Å². The van der Waals surface area contributed by atoms with Crippen LogP contribution in [0.5, 0.6) is 5.75 Å². The minimum atomic E-state index is -0.917. The van der Waals surface area contributed by atoms with Crippen LogP contribution in [-0.2, 0) is 16.0 Å². The van der Waals surface area contributed by atoms with Gasteiger partial charge < -0.3 is 14.7 Å². The molecule has 22 heavy (non-hydrogen) atoms. The predicted molar refractivity (Wildman–Crippen MR) is 82.9 cm³/mol. The Labute approximate surface area is 130 Å². The molecule has 1 saturated heterocycles. The number of aliphatic carboxylic acids is 1. The molecule has 120 valence electrons. The Bertz CT molecular complexity index is 541. The van der Waals surface area contributed by atoms with Gasteiger partial charge in [-0.1, -0.05) is 18.2 Å². The summed E-state index contributed by atoms with van der Waals surface area (Å²) < 4.78 is 5.72. The second kappa shape index (κ2) is 7.29. The van der Waals surface area contributed by atoms with E-state index in [2.05, 4.69) is 0 Å². The summed E-state index contributed by atoms with van der Waals surface area (Å²) in [7, 11) is 0. The van der Waals surface area contributed by atoms with E-state index in [1.807, 2.05) is 38.1 Å². The van der Waals surface area contributed by atoms with Gasteiger partial charge in [-0.2, -0.15) is 0 Å². The van der Waals surface area contributed by atoms with Crippen molar-refractivity contribution in [1.29, 1.82) is 0 Å². The molecule has 0 aromatic heterocycles. The molecule has 5 nitrogen and oxygen atoms in total. The Morgan fingerprint density at radius 1 is 1.32 bits per heavy atom. The highest BCUT2D eigenvalue weighted by atomic mass is 16.5. The van der Waals surface area contributed by atoms with Gasteiger partial charge in [0.15, 0.2) is 0 Å². The van der Waals surface area contributed by atoms with E-state index >= 15 is 0 Å². The molecule has 1 unspecified atom stereocenters. The highest BCUT2D eigenvalue weighted by Crippen LogP contribution is 2.23. The Morgan fingerprint density at radius 3 is 2.73 bits per heavy atom. The zero-order valence-corrected chi connectivity index (χ0v) is 13.1. The van der Waals surface area contributed by atoms with E-state index in [0.717, 1.165) is 18.4 Å². The Kier molecular flexibility index (Phi) is 5.41. The molecule has 1 amide bonds. The molecule has 1 aliphatic heterocycles. The largest absolute Gasteiger partial charge is 0.491 e. The molecule has 1 aromatic rings. The number of carbonyl (C=O) groups excluding carboxylic acids is 1. The molecule has 1 atom stereocenters. The summed E-state index contributed by atoms with van der Waals surface area (Å²) >= 11 is 0. The molecule has 1 heterocycles. The molecule has 1 N–H and O–H groups in total. The van der Waals surface area contributed by atoms with E-state index in [1.54, 1.807) is 0 Å². The van der Waals surface area contributed by atoms with Crippen molar-refractivity contribution < 1.29 is 19.4 Å². The van der Waals surface area contributed by atoms with Gasteiger partial charge >= 0.3 is 5.97 Å². The second-order valence-electron chi connectivity index (χ2n) is 5.89. The molecule has 0 aliphatic carbocycles. The van der Waals surface area contributed by atoms with Crippen LogP contribution in [0.1, 0.15) is 38.7 Å². The summed E-state index contributed by atoms with van der Waals surface area (Å²) in [6.45, 7) is 4.39. The number of benzene rings is 1. The minimum Gasteiger partial charge on any atom is -0.491 e. The third-order valence-corrected chi connectivity index (χ3v) is 3.79. The smallest absolute Gasteiger partial charge is 0.326 e. The zero-order valence-electron chi connectivity index (χ0n) is 13.1. The second-order valence-corrected chi connectivity index (χ2v) is 5.89. The normalized spacial score (nSPS) is 18.3. The van der Waals surface area contributed by atoms with Crippen molar-refractivity contribution >= 4 is 11.9 Å². The Hall–Kier alpha value is -2.04. The molecule has 0 saturated carbocycles. The SMILES string of the molecule is CC(C)Oc1ccccc1CC(=O)N1CCCCC1C(=O)O. The number of piperidine rings is 1. The monoisotopic (exact) mass is 305 g/mol. The maximum absolute atomic E-state index is 12.5. The predicted octanol–water partition coefficient (Wildman–Crippen LogP) is 2.48. The van der Waals surface area contributed by atoms with Gasteiger partial charge in [0, 0.05) is 12.1 Å². The van der Waals surface area contributed by atoms with E-state index in [0.29, 0.717) is 18.7 Å². The number of likely N-dealkylation sites (tertiary alicyclic amines) is 1. The lowest BCUT2D eigenvalue weighted by Crippen LogP contribution is -2.48. The van der Waals surface area contributed by atoms with Crippen molar-refractivity contribution in [3.63, 3.8) is 0 Å². The lowest BCUT2D eigenvalue weighted by molar-refractivity contribution is -0.151. The zero-order chi connectivity index (χ0) is 16.1. The van der Waals surface area contributed by atoms with Gasteiger partial charge in [0.1, 0.15) is 11.8 Å². The first kappa shape index (κ1) is 16.3. The fourth-order valence-corrected chi connectivity index (χ4v) is 2.77. The number of amides is 1. The van der Waals surface area contributed by atoms with E-state index in [-0.39, 0.29) is 18.4 Å². The van der Waals surface area contributed by atoms with Crippen LogP contribution in [-0.4, -0.2) is 40.6 Å². The van der Waals surface area contributed by atoms with Crippen LogP contribution in [0.4, 0.5) is 0 Å². The molecule has 1 aliphatic rings. The first-order chi connectivity index (χ1) is 10.5. The number of carboxylic acids is 1. The molecular weight excluding hydrogens is 282 g/mol. The third kappa shape index (κ3) is 4.00. The summed E-state index contributed by atoms with van der Waals surface area (Å²) in [4.78, 5) is 25.3. The Balaban J connectivity index is 2.12. The number of para-hydroxylation sites is 1. The first-order valence-corrected chi connectivity index (χ1v) is 7.76. The fraction of sp³-hybridized carbons (Fsp3) is 0.529. The standard InChI is InChI=1S/C17H23NO4/c1-12(2)22-15-9-4-3-7-13(15)11-16(19)18-10-6-5-8-14(18)17(20)21/h3-4,7,9,12,14H,5-6,8,10-11H2,1-2H3,(H,20,21). The van der Waals surface area contributed by atoms with Crippen molar-refractivity contribution in [1.82, 2.24) is 4.90 Å². The Morgan fingerprint density at radius 2 is 2.05 bits per heavy atom. The maximum Gasteiger partial charge on any atom is 0.326 e. The average Bonchev–Trinajstić information content (AvgIpc) is 2.48. The van der Waals surface area contributed by atoms with Gasteiger partial charge in [-0.3, -0.25) is 4.79 Å². The first-order valence-electron chi connectivity index (χ1n) is 7.76. The van der Waals surface area contributed by atoms with Gasteiger partial charge in [0.25, 0.3) is 0 Å². The topological polar surface area (TPSA) is 66.8 Å².